The second-order valence-corrected chi connectivity index (χ2v) is 9.32. The first-order valence-electron chi connectivity index (χ1n) is 11.0. The molecule has 0 unspecified atom stereocenters. The van der Waals surface area contributed by atoms with Gasteiger partial charge in [-0.25, -0.2) is 15.0 Å². The fourth-order valence-corrected chi connectivity index (χ4v) is 5.05. The number of carbonyl (C=O) groups excluding carboxylic acids is 1. The number of ether oxygens (including phenoxy) is 1. The Kier molecular flexibility index (Phi) is 6.17. The first kappa shape index (κ1) is 21.7. The van der Waals surface area contributed by atoms with Crippen molar-refractivity contribution in [3.63, 3.8) is 0 Å². The second-order valence-electron chi connectivity index (χ2n) is 8.38. The predicted octanol–water partition coefficient (Wildman–Crippen LogP) is 3.04. The molecule has 2 aliphatic rings. The van der Waals surface area contributed by atoms with Crippen molar-refractivity contribution in [1.82, 2.24) is 19.9 Å². The van der Waals surface area contributed by atoms with Gasteiger partial charge in [0, 0.05) is 24.5 Å². The number of carbonyl (C=O) groups is 1. The summed E-state index contributed by atoms with van der Waals surface area (Å²) in [7, 11) is 0. The molecule has 0 amide bonds. The molecule has 2 fully saturated rings. The van der Waals surface area contributed by atoms with E-state index in [1.54, 1.807) is 29.7 Å². The highest BCUT2D eigenvalue weighted by atomic mass is 32.1. The summed E-state index contributed by atoms with van der Waals surface area (Å²) in [4.78, 5) is 29.1. The molecule has 0 atom stereocenters. The molecular weight excluding hydrogens is 436 g/mol. The van der Waals surface area contributed by atoms with Crippen LogP contribution in [0.3, 0.4) is 0 Å². The molecule has 0 spiro atoms. The molecule has 170 valence electrons. The van der Waals surface area contributed by atoms with Crippen LogP contribution in [0.2, 0.25) is 0 Å². The minimum Gasteiger partial charge on any atom is -0.404 e. The number of nitrogens with two attached hydrogens (primary N) is 1. The summed E-state index contributed by atoms with van der Waals surface area (Å²) in [5.74, 6) is 1.08. The largest absolute Gasteiger partial charge is 0.404 e. The zero-order chi connectivity index (χ0) is 22.7. The summed E-state index contributed by atoms with van der Waals surface area (Å²) in [5, 5.41) is 5.45. The van der Waals surface area contributed by atoms with Crippen molar-refractivity contribution < 1.29 is 9.53 Å². The van der Waals surface area contributed by atoms with E-state index in [0.717, 1.165) is 29.9 Å². The highest BCUT2D eigenvalue weighted by Crippen LogP contribution is 2.30. The first-order valence-corrected chi connectivity index (χ1v) is 11.9. The molecule has 8 nitrogen and oxygen atoms in total. The van der Waals surface area contributed by atoms with Gasteiger partial charge >= 0.3 is 0 Å². The standard InChI is InChI=1S/C24H26N6O2S/c25-12-18(23-26-6-5-19(29-23)21-4-3-9-33-21)20-10-17(13-31)11-22(28-20)27-14-24(15-32-16-24)30-7-1-2-8-30/h3-6,9-13H,1-2,7-8,14-16,25H2,(H,27,28). The van der Waals surface area contributed by atoms with Crippen molar-refractivity contribution in [2.75, 3.05) is 38.2 Å². The lowest BCUT2D eigenvalue weighted by Crippen LogP contribution is -2.65. The third kappa shape index (κ3) is 4.39. The molecule has 3 aromatic rings. The first-order chi connectivity index (χ1) is 16.2. The number of hydrogen-bond donors (Lipinski definition) is 2. The molecule has 9 heteroatoms. The molecule has 2 aliphatic heterocycles. The van der Waals surface area contributed by atoms with E-state index >= 15 is 0 Å². The molecule has 5 rings (SSSR count). The van der Waals surface area contributed by atoms with Gasteiger partial charge in [0.2, 0.25) is 0 Å². The molecule has 5 heterocycles. The van der Waals surface area contributed by atoms with Crippen LogP contribution >= 0.6 is 11.3 Å². The molecule has 3 aromatic heterocycles. The minimum absolute atomic E-state index is 0.0137. The van der Waals surface area contributed by atoms with Crippen LogP contribution < -0.4 is 11.1 Å². The van der Waals surface area contributed by atoms with Gasteiger partial charge in [0.1, 0.15) is 12.1 Å². The Morgan fingerprint density at radius 3 is 2.76 bits per heavy atom. The van der Waals surface area contributed by atoms with E-state index in [4.69, 9.17) is 15.5 Å². The Balaban J connectivity index is 1.42. The summed E-state index contributed by atoms with van der Waals surface area (Å²) in [6.45, 7) is 4.30. The number of aromatic nitrogens is 3. The number of likely N-dealkylation sites (tertiary alicyclic amines) is 1. The fourth-order valence-electron chi connectivity index (χ4n) is 4.35. The topological polar surface area (TPSA) is 106 Å². The van der Waals surface area contributed by atoms with E-state index < -0.39 is 0 Å². The number of rotatable bonds is 8. The Bertz CT molecular complexity index is 1150. The third-order valence-corrected chi connectivity index (χ3v) is 7.11. The van der Waals surface area contributed by atoms with E-state index in [1.165, 1.54) is 19.0 Å². The quantitative estimate of drug-likeness (QED) is 0.492. The van der Waals surface area contributed by atoms with Gasteiger partial charge in [0.05, 0.1) is 40.6 Å². The van der Waals surface area contributed by atoms with Crippen LogP contribution in [-0.4, -0.2) is 64.5 Å². The van der Waals surface area contributed by atoms with Crippen molar-refractivity contribution in [3.8, 4) is 10.6 Å². The number of hydrogen-bond acceptors (Lipinski definition) is 9. The van der Waals surface area contributed by atoms with E-state index in [1.807, 2.05) is 23.6 Å². The molecule has 0 aliphatic carbocycles. The average Bonchev–Trinajstić information content (AvgIpc) is 3.54. The van der Waals surface area contributed by atoms with Gasteiger partial charge in [-0.15, -0.1) is 11.3 Å². The number of pyridine rings is 1. The molecule has 0 saturated carbocycles. The number of thiophene rings is 1. The van der Waals surface area contributed by atoms with E-state index in [-0.39, 0.29) is 5.54 Å². The maximum absolute atomic E-state index is 11.7. The van der Waals surface area contributed by atoms with Crippen LogP contribution in [0.25, 0.3) is 16.1 Å². The Morgan fingerprint density at radius 2 is 2.09 bits per heavy atom. The van der Waals surface area contributed by atoms with Crippen molar-refractivity contribution in [2.24, 2.45) is 5.73 Å². The lowest BCUT2D eigenvalue weighted by molar-refractivity contribution is -0.125. The van der Waals surface area contributed by atoms with Crippen molar-refractivity contribution in [3.05, 3.63) is 65.2 Å². The van der Waals surface area contributed by atoms with Gasteiger partial charge in [0.15, 0.2) is 5.82 Å². The van der Waals surface area contributed by atoms with Crippen molar-refractivity contribution in [1.29, 1.82) is 0 Å². The number of anilines is 1. The molecule has 0 aromatic carbocycles. The minimum atomic E-state index is -0.0137. The highest BCUT2D eigenvalue weighted by Gasteiger charge is 2.44. The normalized spacial score (nSPS) is 18.1. The number of nitrogens with one attached hydrogen (secondary N) is 1. The fraction of sp³-hybridized carbons (Fsp3) is 0.333. The molecule has 0 bridgehead atoms. The van der Waals surface area contributed by atoms with Crippen molar-refractivity contribution >= 4 is 29.0 Å². The third-order valence-electron chi connectivity index (χ3n) is 6.21. The van der Waals surface area contributed by atoms with Gasteiger partial charge in [-0.2, -0.15) is 0 Å². The van der Waals surface area contributed by atoms with Gasteiger partial charge in [0.25, 0.3) is 0 Å². The molecule has 3 N–H and O–H groups in total. The van der Waals surface area contributed by atoms with Crippen LogP contribution in [0.4, 0.5) is 5.82 Å². The van der Waals surface area contributed by atoms with Crippen LogP contribution in [0.5, 0.6) is 0 Å². The van der Waals surface area contributed by atoms with Crippen molar-refractivity contribution in [2.45, 2.75) is 18.4 Å². The lowest BCUT2D eigenvalue weighted by atomic mass is 9.95. The van der Waals surface area contributed by atoms with Crippen LogP contribution in [0.15, 0.2) is 48.1 Å². The van der Waals surface area contributed by atoms with E-state index in [2.05, 4.69) is 20.2 Å². The Labute approximate surface area is 196 Å². The second kappa shape index (κ2) is 9.38. The van der Waals surface area contributed by atoms with E-state index in [9.17, 15) is 4.79 Å². The van der Waals surface area contributed by atoms with Crippen LogP contribution in [0.1, 0.15) is 34.7 Å². The molecule has 2 saturated heterocycles. The maximum Gasteiger partial charge on any atom is 0.163 e. The SMILES string of the molecule is NC=C(c1cc(C=O)cc(NCC2(N3CCCC3)COC2)n1)c1nccc(-c2cccs2)n1. The molecule has 0 radical (unpaired) electrons. The van der Waals surface area contributed by atoms with E-state index in [0.29, 0.717) is 48.2 Å². The van der Waals surface area contributed by atoms with Crippen LogP contribution in [-0.2, 0) is 4.74 Å². The summed E-state index contributed by atoms with van der Waals surface area (Å²) in [6, 6.07) is 9.32. The predicted molar refractivity (Wildman–Crippen MR) is 129 cm³/mol. The summed E-state index contributed by atoms with van der Waals surface area (Å²) >= 11 is 1.61. The average molecular weight is 463 g/mol. The Morgan fingerprint density at radius 1 is 1.24 bits per heavy atom. The number of nitrogens with zero attached hydrogens (tertiary/aromatic N) is 4. The summed E-state index contributed by atoms with van der Waals surface area (Å²) in [5.41, 5.74) is 8.43. The summed E-state index contributed by atoms with van der Waals surface area (Å²) < 4.78 is 5.56. The van der Waals surface area contributed by atoms with Gasteiger partial charge < -0.3 is 15.8 Å². The lowest BCUT2D eigenvalue weighted by Gasteiger charge is -2.48. The molecular formula is C24H26N6O2S. The maximum atomic E-state index is 11.7. The zero-order valence-corrected chi connectivity index (χ0v) is 19.1. The van der Waals surface area contributed by atoms with Gasteiger partial charge in [-0.05, 0) is 55.6 Å². The number of aldehydes is 1. The Hall–Kier alpha value is -3.14. The smallest absolute Gasteiger partial charge is 0.163 e. The zero-order valence-electron chi connectivity index (χ0n) is 18.2. The monoisotopic (exact) mass is 462 g/mol. The highest BCUT2D eigenvalue weighted by molar-refractivity contribution is 7.13. The van der Waals surface area contributed by atoms with Gasteiger partial charge in [-0.3, -0.25) is 9.69 Å². The summed E-state index contributed by atoms with van der Waals surface area (Å²) in [6.07, 6.45) is 6.41. The van der Waals surface area contributed by atoms with Crippen LogP contribution in [0, 0.1) is 0 Å². The molecule has 33 heavy (non-hydrogen) atoms. The van der Waals surface area contributed by atoms with Gasteiger partial charge in [-0.1, -0.05) is 6.07 Å².